The number of hydrogen-bond acceptors (Lipinski definition) is 4. The number of rotatable bonds is 5. The number of hydrogen-bond donors (Lipinski definition) is 0. The van der Waals surface area contributed by atoms with E-state index in [9.17, 15) is 9.18 Å². The van der Waals surface area contributed by atoms with Gasteiger partial charge in [0.15, 0.2) is 0 Å². The molecule has 3 heterocycles. The minimum absolute atomic E-state index is 0.163. The number of benzene rings is 1. The first-order valence-electron chi connectivity index (χ1n) is 10.2. The average molecular weight is 400 g/mol. The van der Waals surface area contributed by atoms with Crippen molar-refractivity contribution in [1.82, 2.24) is 19.6 Å². The quantitative estimate of drug-likeness (QED) is 0.775. The Hall–Kier alpha value is -2.41. The van der Waals surface area contributed by atoms with Crippen LogP contribution in [-0.2, 0) is 24.9 Å². The molecular weight excluding hydrogens is 371 g/mol. The molecule has 0 unspecified atom stereocenters. The summed E-state index contributed by atoms with van der Waals surface area (Å²) in [6.07, 6.45) is 4.64. The van der Waals surface area contributed by atoms with E-state index < -0.39 is 0 Å². The summed E-state index contributed by atoms with van der Waals surface area (Å²) in [6.45, 7) is 5.53. The average Bonchev–Trinajstić information content (AvgIpc) is 3.26. The van der Waals surface area contributed by atoms with E-state index in [1.807, 2.05) is 22.8 Å². The molecular formula is C22H29FN4O2. The van der Waals surface area contributed by atoms with Gasteiger partial charge in [0, 0.05) is 50.0 Å². The van der Waals surface area contributed by atoms with E-state index in [0.29, 0.717) is 24.4 Å². The van der Waals surface area contributed by atoms with E-state index in [0.717, 1.165) is 44.6 Å². The minimum atomic E-state index is -0.344. The standard InChI is InChI=1S/C22H29FN4O2/c1-16-18(12-24-25(16)2)13-26-10-8-22(15-26)7-4-9-27(21(22)28)14-17-11-19(29-3)5-6-20(17)23/h5-6,11-12H,4,7-10,13-15H2,1-3H3/t22-/m1/s1. The highest BCUT2D eigenvalue weighted by atomic mass is 19.1. The van der Waals surface area contributed by atoms with Crippen LogP contribution < -0.4 is 4.74 Å². The third kappa shape index (κ3) is 3.75. The predicted molar refractivity (Wildman–Crippen MR) is 108 cm³/mol. The van der Waals surface area contributed by atoms with Gasteiger partial charge in [0.1, 0.15) is 11.6 Å². The van der Waals surface area contributed by atoms with Gasteiger partial charge in [-0.05, 0) is 50.9 Å². The number of amides is 1. The Morgan fingerprint density at radius 2 is 2.03 bits per heavy atom. The smallest absolute Gasteiger partial charge is 0.230 e. The summed E-state index contributed by atoms with van der Waals surface area (Å²) in [7, 11) is 3.51. The molecule has 0 bridgehead atoms. The van der Waals surface area contributed by atoms with Crippen molar-refractivity contribution in [2.75, 3.05) is 26.7 Å². The fourth-order valence-corrected chi connectivity index (χ4v) is 4.72. The van der Waals surface area contributed by atoms with Crippen molar-refractivity contribution in [2.24, 2.45) is 12.5 Å². The zero-order valence-corrected chi connectivity index (χ0v) is 17.4. The molecule has 1 aromatic heterocycles. The predicted octanol–water partition coefficient (Wildman–Crippen LogP) is 2.89. The van der Waals surface area contributed by atoms with E-state index >= 15 is 0 Å². The van der Waals surface area contributed by atoms with E-state index in [1.165, 1.54) is 11.6 Å². The molecule has 2 aliphatic heterocycles. The number of nitrogens with zero attached hydrogens (tertiary/aromatic N) is 4. The molecule has 2 aromatic rings. The van der Waals surface area contributed by atoms with Crippen LogP contribution in [0, 0.1) is 18.2 Å². The molecule has 156 valence electrons. The van der Waals surface area contributed by atoms with E-state index in [-0.39, 0.29) is 17.1 Å². The largest absolute Gasteiger partial charge is 0.497 e. The summed E-state index contributed by atoms with van der Waals surface area (Å²) in [5.41, 5.74) is 2.54. The van der Waals surface area contributed by atoms with Gasteiger partial charge in [-0.2, -0.15) is 5.10 Å². The number of ether oxygens (including phenoxy) is 1. The zero-order valence-electron chi connectivity index (χ0n) is 17.4. The number of methoxy groups -OCH3 is 1. The summed E-state index contributed by atoms with van der Waals surface area (Å²) in [5.74, 6) is 0.481. The zero-order chi connectivity index (χ0) is 20.6. The summed E-state index contributed by atoms with van der Waals surface area (Å²) in [5, 5.41) is 4.33. The summed E-state index contributed by atoms with van der Waals surface area (Å²) >= 11 is 0. The Balaban J connectivity index is 1.47. The minimum Gasteiger partial charge on any atom is -0.497 e. The van der Waals surface area contributed by atoms with Gasteiger partial charge in [-0.3, -0.25) is 14.4 Å². The van der Waals surface area contributed by atoms with Gasteiger partial charge < -0.3 is 9.64 Å². The number of aryl methyl sites for hydroxylation is 1. The van der Waals surface area contributed by atoms with Crippen LogP contribution >= 0.6 is 0 Å². The van der Waals surface area contributed by atoms with E-state index in [2.05, 4.69) is 16.9 Å². The molecule has 2 fully saturated rings. The van der Waals surface area contributed by atoms with Gasteiger partial charge in [0.2, 0.25) is 5.91 Å². The van der Waals surface area contributed by atoms with Crippen molar-refractivity contribution in [3.63, 3.8) is 0 Å². The van der Waals surface area contributed by atoms with E-state index in [4.69, 9.17) is 4.74 Å². The highest BCUT2D eigenvalue weighted by Gasteiger charge is 2.48. The first-order valence-corrected chi connectivity index (χ1v) is 10.2. The fourth-order valence-electron chi connectivity index (χ4n) is 4.72. The molecule has 1 spiro atoms. The molecule has 1 amide bonds. The second-order valence-electron chi connectivity index (χ2n) is 8.41. The Bertz CT molecular complexity index is 912. The highest BCUT2D eigenvalue weighted by molar-refractivity contribution is 5.84. The maximum atomic E-state index is 14.3. The fraction of sp³-hybridized carbons (Fsp3) is 0.545. The van der Waals surface area contributed by atoms with Crippen molar-refractivity contribution < 1.29 is 13.9 Å². The number of halogens is 1. The lowest BCUT2D eigenvalue weighted by molar-refractivity contribution is -0.146. The molecule has 1 aromatic carbocycles. The van der Waals surface area contributed by atoms with Gasteiger partial charge >= 0.3 is 0 Å². The SMILES string of the molecule is COc1ccc(F)c(CN2CCC[C@]3(CCN(Cc4cnn(C)c4C)C3)C2=O)c1. The Kier molecular flexibility index (Phi) is 5.34. The summed E-state index contributed by atoms with van der Waals surface area (Å²) in [4.78, 5) is 17.6. The number of likely N-dealkylation sites (tertiary alicyclic amines) is 2. The van der Waals surface area contributed by atoms with Crippen LogP contribution in [0.15, 0.2) is 24.4 Å². The van der Waals surface area contributed by atoms with Gasteiger partial charge in [-0.1, -0.05) is 0 Å². The Morgan fingerprint density at radius 1 is 1.21 bits per heavy atom. The first kappa shape index (κ1) is 19.9. The lowest BCUT2D eigenvalue weighted by atomic mass is 9.78. The Morgan fingerprint density at radius 3 is 2.76 bits per heavy atom. The van der Waals surface area contributed by atoms with Crippen LogP contribution in [0.4, 0.5) is 4.39 Å². The lowest BCUT2D eigenvalue weighted by Crippen LogP contribution is -2.49. The van der Waals surface area contributed by atoms with Crippen molar-refractivity contribution in [2.45, 2.75) is 39.3 Å². The first-order chi connectivity index (χ1) is 13.9. The van der Waals surface area contributed by atoms with Crippen molar-refractivity contribution in [3.05, 3.63) is 47.0 Å². The second-order valence-corrected chi connectivity index (χ2v) is 8.41. The maximum absolute atomic E-state index is 14.3. The number of piperidine rings is 1. The highest BCUT2D eigenvalue weighted by Crippen LogP contribution is 2.41. The van der Waals surface area contributed by atoms with Crippen LogP contribution in [0.2, 0.25) is 0 Å². The molecule has 4 rings (SSSR count). The van der Waals surface area contributed by atoms with Gasteiger partial charge in [0.05, 0.1) is 18.7 Å². The normalized spacial score (nSPS) is 22.6. The molecule has 0 radical (unpaired) electrons. The molecule has 6 nitrogen and oxygen atoms in total. The van der Waals surface area contributed by atoms with Crippen molar-refractivity contribution in [1.29, 1.82) is 0 Å². The third-order valence-corrected chi connectivity index (χ3v) is 6.60. The monoisotopic (exact) mass is 400 g/mol. The molecule has 1 atom stereocenters. The third-order valence-electron chi connectivity index (χ3n) is 6.60. The van der Waals surface area contributed by atoms with Crippen LogP contribution in [0.25, 0.3) is 0 Å². The van der Waals surface area contributed by atoms with Gasteiger partial charge in [-0.25, -0.2) is 4.39 Å². The molecule has 0 aliphatic carbocycles. The summed E-state index contributed by atoms with van der Waals surface area (Å²) in [6, 6.07) is 4.70. The van der Waals surface area contributed by atoms with Crippen LogP contribution in [0.3, 0.4) is 0 Å². The second kappa shape index (κ2) is 7.78. The van der Waals surface area contributed by atoms with Crippen LogP contribution in [0.5, 0.6) is 5.75 Å². The van der Waals surface area contributed by atoms with Crippen molar-refractivity contribution >= 4 is 5.91 Å². The van der Waals surface area contributed by atoms with Gasteiger partial charge in [-0.15, -0.1) is 0 Å². The number of carbonyl (C=O) groups excluding carboxylic acids is 1. The van der Waals surface area contributed by atoms with Crippen molar-refractivity contribution in [3.8, 4) is 5.75 Å². The number of aromatic nitrogens is 2. The molecule has 29 heavy (non-hydrogen) atoms. The van der Waals surface area contributed by atoms with E-state index in [1.54, 1.807) is 19.2 Å². The number of carbonyl (C=O) groups is 1. The molecule has 2 saturated heterocycles. The lowest BCUT2D eigenvalue weighted by Gasteiger charge is -2.39. The maximum Gasteiger partial charge on any atom is 0.230 e. The topological polar surface area (TPSA) is 50.6 Å². The van der Waals surface area contributed by atoms with Crippen LogP contribution in [0.1, 0.15) is 36.1 Å². The summed E-state index contributed by atoms with van der Waals surface area (Å²) < 4.78 is 21.4. The van der Waals surface area contributed by atoms with Crippen LogP contribution in [-0.4, -0.2) is 52.2 Å². The molecule has 0 N–H and O–H groups in total. The van der Waals surface area contributed by atoms with Gasteiger partial charge in [0.25, 0.3) is 0 Å². The molecule has 7 heteroatoms. The molecule has 0 saturated carbocycles. The Labute approximate surface area is 171 Å². The molecule has 2 aliphatic rings.